The molecule has 2 aliphatic rings. The molecule has 168 valence electrons. The normalized spacial score (nSPS) is 16.0. The summed E-state index contributed by atoms with van der Waals surface area (Å²) >= 11 is 0. The quantitative estimate of drug-likeness (QED) is 0.803. The number of nitrogens with zero attached hydrogens (tertiary/aromatic N) is 4. The summed E-state index contributed by atoms with van der Waals surface area (Å²) in [7, 11) is 3.97. The number of aromatic nitrogens is 3. The third kappa shape index (κ3) is 7.82. The van der Waals surface area contributed by atoms with Gasteiger partial charge in [-0.25, -0.2) is 4.98 Å². The minimum Gasteiger partial charge on any atom is -0.395 e. The fourth-order valence-corrected chi connectivity index (χ4v) is 3.96. The summed E-state index contributed by atoms with van der Waals surface area (Å²) in [6.07, 6.45) is 11.0. The van der Waals surface area contributed by atoms with Gasteiger partial charge in [0.25, 0.3) is 0 Å². The van der Waals surface area contributed by atoms with Gasteiger partial charge in [0.1, 0.15) is 5.82 Å². The highest BCUT2D eigenvalue weighted by Crippen LogP contribution is 2.17. The second-order valence-electron chi connectivity index (χ2n) is 8.23. The minimum absolute atomic E-state index is 0.319. The Morgan fingerprint density at radius 1 is 1.07 bits per heavy atom. The third-order valence-electron chi connectivity index (χ3n) is 6.00. The van der Waals surface area contributed by atoms with E-state index in [4.69, 9.17) is 5.11 Å². The van der Waals surface area contributed by atoms with Crippen LogP contribution in [-0.4, -0.2) is 57.8 Å². The molecule has 1 fully saturated rings. The Morgan fingerprint density at radius 2 is 1.80 bits per heavy atom. The molecule has 0 atom stereocenters. The molecule has 1 aliphatic carbocycles. The van der Waals surface area contributed by atoms with Gasteiger partial charge >= 0.3 is 0 Å². The van der Waals surface area contributed by atoms with E-state index in [1.807, 2.05) is 33.3 Å². The van der Waals surface area contributed by atoms with Crippen molar-refractivity contribution in [1.82, 2.24) is 24.8 Å². The summed E-state index contributed by atoms with van der Waals surface area (Å²) in [4.78, 5) is 11.0. The fourth-order valence-electron chi connectivity index (χ4n) is 3.96. The van der Waals surface area contributed by atoms with Crippen molar-refractivity contribution in [3.63, 3.8) is 0 Å². The Kier molecular flexibility index (Phi) is 11.0. The molecule has 6 heteroatoms. The molecule has 0 unspecified atom stereocenters. The number of β-amino-alcohol motifs (C(OH)–C–C–N with tert-alkyl or cyclic N) is 1. The number of piperidine rings is 1. The summed E-state index contributed by atoms with van der Waals surface area (Å²) < 4.78 is 2.12. The van der Waals surface area contributed by atoms with Crippen LogP contribution >= 0.6 is 0 Å². The molecule has 2 N–H and O–H groups in total. The first-order valence-corrected chi connectivity index (χ1v) is 11.5. The van der Waals surface area contributed by atoms with Crippen LogP contribution in [0.25, 0.3) is 0 Å². The van der Waals surface area contributed by atoms with E-state index in [-0.39, 0.29) is 0 Å². The highest BCUT2D eigenvalue weighted by Gasteiger charge is 2.08. The molecular weight excluding hydrogens is 374 g/mol. The first kappa shape index (κ1) is 24.5. The van der Waals surface area contributed by atoms with Crippen LogP contribution in [0.4, 0.5) is 0 Å². The zero-order chi connectivity index (χ0) is 21.8. The molecule has 0 spiro atoms. The minimum atomic E-state index is 0.319. The van der Waals surface area contributed by atoms with Gasteiger partial charge in [0.05, 0.1) is 18.8 Å². The molecule has 30 heavy (non-hydrogen) atoms. The molecular formula is C24H41N5O. The van der Waals surface area contributed by atoms with E-state index in [0.29, 0.717) is 6.61 Å². The smallest absolute Gasteiger partial charge is 0.122 e. The lowest BCUT2D eigenvalue weighted by atomic mass is 9.96. The topological polar surface area (TPSA) is 66.2 Å². The maximum Gasteiger partial charge on any atom is 0.122 e. The van der Waals surface area contributed by atoms with E-state index < -0.39 is 0 Å². The van der Waals surface area contributed by atoms with E-state index in [9.17, 15) is 0 Å². The number of pyridine rings is 1. The van der Waals surface area contributed by atoms with Gasteiger partial charge in [0, 0.05) is 31.2 Å². The van der Waals surface area contributed by atoms with Crippen LogP contribution in [0.1, 0.15) is 60.6 Å². The number of aliphatic hydroxyl groups excluding tert-OH is 1. The predicted molar refractivity (Wildman–Crippen MR) is 124 cm³/mol. The average molecular weight is 416 g/mol. The van der Waals surface area contributed by atoms with Gasteiger partial charge in [-0.15, -0.1) is 0 Å². The predicted octanol–water partition coefficient (Wildman–Crippen LogP) is 3.18. The second kappa shape index (κ2) is 13.5. The molecule has 0 radical (unpaired) electrons. The van der Waals surface area contributed by atoms with Gasteiger partial charge in [0.2, 0.25) is 0 Å². The molecule has 1 aliphatic heterocycles. The molecule has 2 aromatic rings. The third-order valence-corrected chi connectivity index (χ3v) is 6.00. The summed E-state index contributed by atoms with van der Waals surface area (Å²) in [6.45, 7) is 8.54. The van der Waals surface area contributed by atoms with Crippen molar-refractivity contribution < 1.29 is 5.11 Å². The Balaban J connectivity index is 0.000000161. The van der Waals surface area contributed by atoms with Crippen LogP contribution in [0.5, 0.6) is 0 Å². The number of imidazole rings is 1. The highest BCUT2D eigenvalue weighted by atomic mass is 16.3. The largest absolute Gasteiger partial charge is 0.395 e. The molecule has 2 aromatic heterocycles. The van der Waals surface area contributed by atoms with Crippen molar-refractivity contribution in [2.45, 2.75) is 65.3 Å². The number of nitrogens with one attached hydrogen (secondary N) is 1. The van der Waals surface area contributed by atoms with Crippen molar-refractivity contribution in [3.05, 3.63) is 46.8 Å². The number of likely N-dealkylation sites (tertiary alicyclic amines) is 1. The van der Waals surface area contributed by atoms with E-state index in [0.717, 1.165) is 24.6 Å². The molecule has 6 nitrogen and oxygen atoms in total. The van der Waals surface area contributed by atoms with Gasteiger partial charge in [0.15, 0.2) is 0 Å². The average Bonchev–Trinajstić information content (AvgIpc) is 3.03. The lowest BCUT2D eigenvalue weighted by Crippen LogP contribution is -2.31. The van der Waals surface area contributed by atoms with Crippen molar-refractivity contribution in [2.24, 2.45) is 7.05 Å². The number of fused-ring (bicyclic) bond motifs is 1. The molecule has 4 rings (SSSR count). The van der Waals surface area contributed by atoms with E-state index in [1.165, 1.54) is 75.0 Å². The van der Waals surface area contributed by atoms with E-state index in [1.54, 1.807) is 0 Å². The van der Waals surface area contributed by atoms with E-state index in [2.05, 4.69) is 37.7 Å². The maximum absolute atomic E-state index is 8.58. The molecule has 1 saturated heterocycles. The fraction of sp³-hybridized carbons (Fsp3) is 0.667. The number of rotatable bonds is 4. The molecule has 0 amide bonds. The Morgan fingerprint density at radius 3 is 2.40 bits per heavy atom. The summed E-state index contributed by atoms with van der Waals surface area (Å²) in [6, 6.07) is 4.23. The van der Waals surface area contributed by atoms with Crippen molar-refractivity contribution in [2.75, 3.05) is 33.3 Å². The van der Waals surface area contributed by atoms with Gasteiger partial charge in [-0.3, -0.25) is 4.98 Å². The summed E-state index contributed by atoms with van der Waals surface area (Å²) in [5.74, 6) is 1.10. The molecule has 3 heterocycles. The molecule has 0 saturated carbocycles. The molecule has 0 bridgehead atoms. The summed E-state index contributed by atoms with van der Waals surface area (Å²) in [5, 5.41) is 11.7. The number of aryl methyl sites for hydroxylation is 3. The van der Waals surface area contributed by atoms with Crippen LogP contribution in [0.3, 0.4) is 0 Å². The number of hydrogen-bond acceptors (Lipinski definition) is 5. The zero-order valence-corrected chi connectivity index (χ0v) is 19.5. The van der Waals surface area contributed by atoms with Crippen LogP contribution in [-0.2, 0) is 26.4 Å². The van der Waals surface area contributed by atoms with Crippen LogP contribution < -0.4 is 5.32 Å². The first-order chi connectivity index (χ1) is 14.6. The van der Waals surface area contributed by atoms with Crippen molar-refractivity contribution >= 4 is 0 Å². The van der Waals surface area contributed by atoms with Gasteiger partial charge in [-0.2, -0.15) is 0 Å². The van der Waals surface area contributed by atoms with Crippen LogP contribution in [0.15, 0.2) is 18.3 Å². The summed E-state index contributed by atoms with van der Waals surface area (Å²) in [5.41, 5.74) is 5.16. The first-order valence-electron chi connectivity index (χ1n) is 11.5. The molecule has 0 aromatic carbocycles. The Hall–Kier alpha value is -1.76. The Labute approximate surface area is 182 Å². The van der Waals surface area contributed by atoms with Crippen LogP contribution in [0, 0.1) is 13.8 Å². The van der Waals surface area contributed by atoms with Crippen molar-refractivity contribution in [1.29, 1.82) is 0 Å². The Bertz CT molecular complexity index is 709. The maximum atomic E-state index is 8.58. The number of aliphatic hydroxyl groups is 1. The SMILES string of the molecule is CNCc1nc(C)c(C)n1C.OCCN1CCCCC1.c1cnc2c(c1)CCCC2. The monoisotopic (exact) mass is 415 g/mol. The van der Waals surface area contributed by atoms with Crippen molar-refractivity contribution in [3.8, 4) is 0 Å². The number of hydrogen-bond donors (Lipinski definition) is 2. The lowest BCUT2D eigenvalue weighted by Gasteiger charge is -2.25. The zero-order valence-electron chi connectivity index (χ0n) is 19.5. The standard InChI is InChI=1S/C9H11N.C8H15N3.C7H15NO/c1-2-6-9-8(4-1)5-3-7-10-9;1-6-7(2)11(4)8(10-6)5-9-3;9-7-6-8-4-2-1-3-5-8/h3,5,7H,1-2,4,6H2;9H,5H2,1-4H3;9H,1-7H2. The second-order valence-corrected chi connectivity index (χ2v) is 8.23. The van der Waals surface area contributed by atoms with Gasteiger partial charge in [-0.05, 0) is 84.1 Å². The lowest BCUT2D eigenvalue weighted by molar-refractivity contribution is 0.173. The van der Waals surface area contributed by atoms with Crippen LogP contribution in [0.2, 0.25) is 0 Å². The highest BCUT2D eigenvalue weighted by molar-refractivity contribution is 5.21. The van der Waals surface area contributed by atoms with E-state index >= 15 is 0 Å². The van der Waals surface area contributed by atoms with Gasteiger partial charge < -0.3 is 19.9 Å². The van der Waals surface area contributed by atoms with Gasteiger partial charge in [-0.1, -0.05) is 12.5 Å².